The van der Waals surface area contributed by atoms with Crippen LogP contribution in [0.15, 0.2) is 60.7 Å². The van der Waals surface area contributed by atoms with E-state index in [1.54, 1.807) is 0 Å². The molecule has 0 spiro atoms. The Morgan fingerprint density at radius 3 is 2.25 bits per heavy atom. The molecule has 1 atom stereocenters. The molecule has 0 saturated carbocycles. The van der Waals surface area contributed by atoms with Gasteiger partial charge in [-0.05, 0) is 17.7 Å². The highest BCUT2D eigenvalue weighted by molar-refractivity contribution is 5.71. The molecule has 0 heterocycles. The number of carbonyl (C=O) groups excluding carboxylic acids is 1. The van der Waals surface area contributed by atoms with Gasteiger partial charge in [0.05, 0.1) is 19.4 Å². The van der Waals surface area contributed by atoms with Crippen LogP contribution in [0.2, 0.25) is 0 Å². The van der Waals surface area contributed by atoms with Crippen LogP contribution < -0.4 is 0 Å². The number of esters is 1. The van der Waals surface area contributed by atoms with Gasteiger partial charge in [0, 0.05) is 5.56 Å². The summed E-state index contributed by atoms with van der Waals surface area (Å²) in [6.45, 7) is 0. The molecule has 2 rings (SSSR count). The first-order valence-electron chi connectivity index (χ1n) is 6.48. The normalized spacial score (nSPS) is 11.1. The van der Waals surface area contributed by atoms with Crippen molar-refractivity contribution in [3.63, 3.8) is 0 Å². The van der Waals surface area contributed by atoms with E-state index >= 15 is 0 Å². The molecular weight excluding hydrogens is 248 g/mol. The molecule has 2 heteroatoms. The van der Waals surface area contributed by atoms with Gasteiger partial charge >= 0.3 is 5.97 Å². The van der Waals surface area contributed by atoms with E-state index in [-0.39, 0.29) is 18.3 Å². The summed E-state index contributed by atoms with van der Waals surface area (Å²) in [6.07, 6.45) is 0.264. The van der Waals surface area contributed by atoms with Gasteiger partial charge in [-0.3, -0.25) is 4.79 Å². The smallest absolute Gasteiger partial charge is 0.307 e. The molecule has 0 amide bonds. The highest BCUT2D eigenvalue weighted by Crippen LogP contribution is 2.19. The second-order valence-electron chi connectivity index (χ2n) is 4.38. The fraction of sp³-hybridized carbons (Fsp3) is 0.167. The number of benzene rings is 2. The fourth-order valence-electron chi connectivity index (χ4n) is 1.88. The lowest BCUT2D eigenvalue weighted by molar-refractivity contribution is -0.140. The average Bonchev–Trinajstić information content (AvgIpc) is 2.53. The van der Waals surface area contributed by atoms with Gasteiger partial charge < -0.3 is 4.74 Å². The summed E-state index contributed by atoms with van der Waals surface area (Å²) in [6, 6.07) is 19.6. The van der Waals surface area contributed by atoms with Crippen molar-refractivity contribution in [1.82, 2.24) is 0 Å². The second-order valence-corrected chi connectivity index (χ2v) is 4.38. The van der Waals surface area contributed by atoms with Crippen molar-refractivity contribution in [3.05, 3.63) is 71.8 Å². The van der Waals surface area contributed by atoms with Crippen molar-refractivity contribution in [2.24, 2.45) is 0 Å². The van der Waals surface area contributed by atoms with Crippen LogP contribution in [0.5, 0.6) is 0 Å². The van der Waals surface area contributed by atoms with E-state index < -0.39 is 0 Å². The Morgan fingerprint density at radius 2 is 1.65 bits per heavy atom. The number of hydrogen-bond donors (Lipinski definition) is 0. The van der Waals surface area contributed by atoms with Crippen molar-refractivity contribution in [2.45, 2.75) is 12.3 Å². The standard InChI is InChI=1S/C18H16O2/c1-20-18(19)14-17(16-10-6-3-7-11-16)13-12-15-8-4-2-5-9-15/h2-11,17H,14H2,1H3/t17-/m1/s1. The van der Waals surface area contributed by atoms with Crippen LogP contribution in [-0.2, 0) is 9.53 Å². The molecule has 0 aromatic heterocycles. The minimum absolute atomic E-state index is 0.149. The third-order valence-electron chi connectivity index (χ3n) is 2.96. The molecule has 0 radical (unpaired) electrons. The Balaban J connectivity index is 2.24. The molecule has 0 aliphatic heterocycles. The van der Waals surface area contributed by atoms with E-state index in [0.717, 1.165) is 11.1 Å². The Kier molecular flexibility index (Phi) is 4.97. The minimum atomic E-state index is -0.249. The summed E-state index contributed by atoms with van der Waals surface area (Å²) in [5.41, 5.74) is 1.97. The van der Waals surface area contributed by atoms with Gasteiger partial charge in [-0.15, -0.1) is 0 Å². The predicted molar refractivity (Wildman–Crippen MR) is 79.1 cm³/mol. The first-order chi connectivity index (χ1) is 9.79. The summed E-state index contributed by atoms with van der Waals surface area (Å²) in [7, 11) is 1.40. The van der Waals surface area contributed by atoms with Crippen LogP contribution in [0.4, 0.5) is 0 Å². The summed E-state index contributed by atoms with van der Waals surface area (Å²) in [5, 5.41) is 0. The molecular formula is C18H16O2. The van der Waals surface area contributed by atoms with Gasteiger partial charge in [-0.25, -0.2) is 0 Å². The van der Waals surface area contributed by atoms with Crippen molar-refractivity contribution in [1.29, 1.82) is 0 Å². The Bertz CT molecular complexity index is 606. The third-order valence-corrected chi connectivity index (χ3v) is 2.96. The fourth-order valence-corrected chi connectivity index (χ4v) is 1.88. The number of hydrogen-bond acceptors (Lipinski definition) is 2. The maximum Gasteiger partial charge on any atom is 0.307 e. The zero-order valence-electron chi connectivity index (χ0n) is 11.4. The van der Waals surface area contributed by atoms with Gasteiger partial charge in [0.25, 0.3) is 0 Å². The van der Waals surface area contributed by atoms with Crippen LogP contribution in [0.3, 0.4) is 0 Å². The van der Waals surface area contributed by atoms with Crippen LogP contribution in [0.25, 0.3) is 0 Å². The first kappa shape index (κ1) is 13.9. The molecule has 0 N–H and O–H groups in total. The quantitative estimate of drug-likeness (QED) is 0.627. The molecule has 0 bridgehead atoms. The highest BCUT2D eigenvalue weighted by Gasteiger charge is 2.13. The van der Waals surface area contributed by atoms with Crippen molar-refractivity contribution < 1.29 is 9.53 Å². The topological polar surface area (TPSA) is 26.3 Å². The predicted octanol–water partition coefficient (Wildman–Crippen LogP) is 3.39. The summed E-state index contributed by atoms with van der Waals surface area (Å²) < 4.78 is 4.75. The largest absolute Gasteiger partial charge is 0.469 e. The summed E-state index contributed by atoms with van der Waals surface area (Å²) >= 11 is 0. The molecule has 2 aromatic rings. The maximum absolute atomic E-state index is 11.5. The lowest BCUT2D eigenvalue weighted by Gasteiger charge is -2.09. The molecule has 20 heavy (non-hydrogen) atoms. The van der Waals surface area contributed by atoms with Gasteiger partial charge in [0.1, 0.15) is 0 Å². The van der Waals surface area contributed by atoms with E-state index in [4.69, 9.17) is 4.74 Å². The van der Waals surface area contributed by atoms with Crippen molar-refractivity contribution in [2.75, 3.05) is 7.11 Å². The first-order valence-corrected chi connectivity index (χ1v) is 6.48. The molecule has 0 aliphatic carbocycles. The van der Waals surface area contributed by atoms with E-state index in [0.29, 0.717) is 0 Å². The molecule has 2 nitrogen and oxygen atoms in total. The van der Waals surface area contributed by atoms with Crippen molar-refractivity contribution >= 4 is 5.97 Å². The molecule has 0 aliphatic rings. The summed E-state index contributed by atoms with van der Waals surface area (Å²) in [5.74, 6) is 5.88. The number of ether oxygens (including phenoxy) is 1. The molecule has 100 valence electrons. The SMILES string of the molecule is COC(=O)C[C@@H](C#Cc1ccccc1)c1ccccc1. The lowest BCUT2D eigenvalue weighted by Crippen LogP contribution is -2.07. The van der Waals surface area contributed by atoms with E-state index in [9.17, 15) is 4.79 Å². The highest BCUT2D eigenvalue weighted by atomic mass is 16.5. The maximum atomic E-state index is 11.5. The van der Waals surface area contributed by atoms with Gasteiger partial charge in [-0.2, -0.15) is 0 Å². The molecule has 2 aromatic carbocycles. The number of rotatable bonds is 3. The monoisotopic (exact) mass is 264 g/mol. The molecule has 0 saturated heterocycles. The van der Waals surface area contributed by atoms with E-state index in [2.05, 4.69) is 11.8 Å². The average molecular weight is 264 g/mol. The van der Waals surface area contributed by atoms with E-state index in [1.807, 2.05) is 60.7 Å². The Morgan fingerprint density at radius 1 is 1.05 bits per heavy atom. The van der Waals surface area contributed by atoms with Crippen LogP contribution in [-0.4, -0.2) is 13.1 Å². The number of carbonyl (C=O) groups is 1. The van der Waals surface area contributed by atoms with Crippen LogP contribution >= 0.6 is 0 Å². The molecule has 0 unspecified atom stereocenters. The number of methoxy groups -OCH3 is 1. The van der Waals surface area contributed by atoms with Crippen molar-refractivity contribution in [3.8, 4) is 11.8 Å². The zero-order valence-corrected chi connectivity index (χ0v) is 11.4. The van der Waals surface area contributed by atoms with Crippen LogP contribution in [0, 0.1) is 11.8 Å². The van der Waals surface area contributed by atoms with Gasteiger partial charge in [0.2, 0.25) is 0 Å². The Labute approximate surface area is 119 Å². The third kappa shape index (κ3) is 4.00. The van der Waals surface area contributed by atoms with Gasteiger partial charge in [-0.1, -0.05) is 60.4 Å². The Hall–Kier alpha value is -2.53. The van der Waals surface area contributed by atoms with Crippen LogP contribution in [0.1, 0.15) is 23.5 Å². The summed E-state index contributed by atoms with van der Waals surface area (Å²) in [4.78, 5) is 11.5. The molecule has 0 fully saturated rings. The zero-order chi connectivity index (χ0) is 14.2. The second kappa shape index (κ2) is 7.16. The lowest BCUT2D eigenvalue weighted by atomic mass is 9.96. The van der Waals surface area contributed by atoms with Gasteiger partial charge in [0.15, 0.2) is 0 Å². The van der Waals surface area contributed by atoms with E-state index in [1.165, 1.54) is 7.11 Å². The minimum Gasteiger partial charge on any atom is -0.469 e.